The van der Waals surface area contributed by atoms with Gasteiger partial charge in [-0.1, -0.05) is 19.1 Å². The van der Waals surface area contributed by atoms with E-state index in [2.05, 4.69) is 31.2 Å². The van der Waals surface area contributed by atoms with Crippen LogP contribution in [0.3, 0.4) is 0 Å². The Morgan fingerprint density at radius 2 is 2.21 bits per heavy atom. The molecule has 0 saturated heterocycles. The number of aryl methyl sites for hydroxylation is 1. The van der Waals surface area contributed by atoms with Gasteiger partial charge in [-0.05, 0) is 40.9 Å². The Morgan fingerprint density at radius 1 is 1.42 bits per heavy atom. The maximum atomic E-state index is 12.1. The van der Waals surface area contributed by atoms with Gasteiger partial charge >= 0.3 is 5.69 Å². The van der Waals surface area contributed by atoms with Gasteiger partial charge in [0.1, 0.15) is 6.33 Å². The van der Waals surface area contributed by atoms with Gasteiger partial charge in [-0.25, -0.2) is 14.3 Å². The molecule has 2 aromatic rings. The van der Waals surface area contributed by atoms with Gasteiger partial charge in [0.25, 0.3) is 0 Å². The lowest BCUT2D eigenvalue weighted by molar-refractivity contribution is 0.840. The summed E-state index contributed by atoms with van der Waals surface area (Å²) >= 11 is 3.45. The molecule has 1 aromatic heterocycles. The number of hydrogen-bond acceptors (Lipinski definition) is 4. The predicted molar refractivity (Wildman–Crippen MR) is 78.8 cm³/mol. The molecule has 0 spiro atoms. The molecule has 6 heteroatoms. The van der Waals surface area contributed by atoms with Crippen molar-refractivity contribution in [2.24, 2.45) is 0 Å². The van der Waals surface area contributed by atoms with Crippen molar-refractivity contribution in [1.82, 2.24) is 14.5 Å². The van der Waals surface area contributed by atoms with E-state index in [-0.39, 0.29) is 5.69 Å². The Hall–Kier alpha value is -1.69. The summed E-state index contributed by atoms with van der Waals surface area (Å²) < 4.78 is 2.28. The lowest BCUT2D eigenvalue weighted by Crippen LogP contribution is -2.24. The van der Waals surface area contributed by atoms with Crippen LogP contribution in [0.5, 0.6) is 0 Å². The topological polar surface area (TPSA) is 59.8 Å². The van der Waals surface area contributed by atoms with Gasteiger partial charge in [-0.2, -0.15) is 4.98 Å². The number of nitrogens with one attached hydrogen (secondary N) is 1. The van der Waals surface area contributed by atoms with Crippen LogP contribution in [-0.2, 0) is 0 Å². The third-order valence-corrected chi connectivity index (χ3v) is 3.31. The molecule has 5 nitrogen and oxygen atoms in total. The van der Waals surface area contributed by atoms with Gasteiger partial charge in [0.2, 0.25) is 5.95 Å². The molecule has 100 valence electrons. The second kappa shape index (κ2) is 5.97. The van der Waals surface area contributed by atoms with Crippen molar-refractivity contribution in [1.29, 1.82) is 0 Å². The fourth-order valence-electron chi connectivity index (χ4n) is 1.74. The number of rotatable bonds is 4. The zero-order valence-electron chi connectivity index (χ0n) is 10.9. The highest BCUT2D eigenvalue weighted by molar-refractivity contribution is 9.10. The number of halogens is 1. The average Bonchev–Trinajstić information content (AvgIpc) is 2.38. The van der Waals surface area contributed by atoms with Crippen molar-refractivity contribution >= 4 is 21.9 Å². The second-order valence-corrected chi connectivity index (χ2v) is 5.02. The number of benzene rings is 1. The minimum Gasteiger partial charge on any atom is -0.354 e. The van der Waals surface area contributed by atoms with E-state index in [0.29, 0.717) is 5.95 Å². The molecule has 1 aromatic carbocycles. The van der Waals surface area contributed by atoms with E-state index in [4.69, 9.17) is 0 Å². The summed E-state index contributed by atoms with van der Waals surface area (Å²) in [5.41, 5.74) is 1.41. The molecule has 19 heavy (non-hydrogen) atoms. The van der Waals surface area contributed by atoms with Crippen LogP contribution >= 0.6 is 15.9 Å². The van der Waals surface area contributed by atoms with Gasteiger partial charge in [0.15, 0.2) is 0 Å². The van der Waals surface area contributed by atoms with Crippen LogP contribution in [0.1, 0.15) is 18.9 Å². The lowest BCUT2D eigenvalue weighted by atomic mass is 10.2. The van der Waals surface area contributed by atoms with Gasteiger partial charge in [0.05, 0.1) is 5.69 Å². The van der Waals surface area contributed by atoms with Crippen LogP contribution in [0.2, 0.25) is 0 Å². The van der Waals surface area contributed by atoms with Crippen LogP contribution < -0.4 is 11.0 Å². The van der Waals surface area contributed by atoms with Crippen molar-refractivity contribution in [3.63, 3.8) is 0 Å². The molecular weight excluding hydrogens is 308 g/mol. The van der Waals surface area contributed by atoms with E-state index in [1.54, 1.807) is 0 Å². The first kappa shape index (κ1) is 13.7. The summed E-state index contributed by atoms with van der Waals surface area (Å²) in [5.74, 6) is 0.368. The smallest absolute Gasteiger partial charge is 0.354 e. The van der Waals surface area contributed by atoms with Gasteiger partial charge < -0.3 is 5.32 Å². The highest BCUT2D eigenvalue weighted by atomic mass is 79.9. The molecule has 0 bridgehead atoms. The molecule has 0 aliphatic carbocycles. The van der Waals surface area contributed by atoms with Gasteiger partial charge in [0, 0.05) is 11.0 Å². The second-order valence-electron chi connectivity index (χ2n) is 4.16. The summed E-state index contributed by atoms with van der Waals surface area (Å²) in [6, 6.07) is 5.75. The van der Waals surface area contributed by atoms with Crippen LogP contribution in [-0.4, -0.2) is 21.1 Å². The lowest BCUT2D eigenvalue weighted by Gasteiger charge is -2.10. The number of anilines is 1. The normalized spacial score (nSPS) is 10.5. The van der Waals surface area contributed by atoms with E-state index >= 15 is 0 Å². The number of para-hydroxylation sites is 1. The van der Waals surface area contributed by atoms with Crippen molar-refractivity contribution < 1.29 is 0 Å². The SMILES string of the molecule is CCCNc1ncn(-c2c(C)cccc2Br)c(=O)n1. The van der Waals surface area contributed by atoms with Crippen LogP contribution in [0.4, 0.5) is 5.95 Å². The van der Waals surface area contributed by atoms with Crippen LogP contribution in [0.25, 0.3) is 5.69 Å². The van der Waals surface area contributed by atoms with Crippen molar-refractivity contribution in [2.75, 3.05) is 11.9 Å². The third-order valence-electron chi connectivity index (χ3n) is 2.67. The standard InChI is InChI=1S/C13H15BrN4O/c1-3-7-15-12-16-8-18(13(19)17-12)11-9(2)5-4-6-10(11)14/h4-6,8H,3,7H2,1-2H3,(H,15,17,19). The Labute approximate surface area is 119 Å². The van der Waals surface area contributed by atoms with Crippen LogP contribution in [0.15, 0.2) is 33.8 Å². The Morgan fingerprint density at radius 3 is 2.84 bits per heavy atom. The first-order chi connectivity index (χ1) is 9.13. The maximum Gasteiger partial charge on any atom is 0.356 e. The predicted octanol–water partition coefficient (Wildman–Crippen LogP) is 2.52. The monoisotopic (exact) mass is 322 g/mol. The summed E-state index contributed by atoms with van der Waals surface area (Å²) in [6.07, 6.45) is 2.45. The summed E-state index contributed by atoms with van der Waals surface area (Å²) in [7, 11) is 0. The molecular formula is C13H15BrN4O. The quantitative estimate of drug-likeness (QED) is 0.939. The van der Waals surface area contributed by atoms with E-state index in [1.165, 1.54) is 10.9 Å². The summed E-state index contributed by atoms with van der Waals surface area (Å²) in [5, 5.41) is 3.00. The highest BCUT2D eigenvalue weighted by Crippen LogP contribution is 2.22. The minimum absolute atomic E-state index is 0.344. The minimum atomic E-state index is -0.344. The third kappa shape index (κ3) is 3.01. The largest absolute Gasteiger partial charge is 0.356 e. The van der Waals surface area contributed by atoms with Gasteiger partial charge in [-0.3, -0.25) is 0 Å². The molecule has 0 atom stereocenters. The average molecular weight is 323 g/mol. The number of aromatic nitrogens is 3. The first-order valence-corrected chi connectivity index (χ1v) is 6.88. The van der Waals surface area contributed by atoms with Crippen molar-refractivity contribution in [2.45, 2.75) is 20.3 Å². The number of nitrogens with zero attached hydrogens (tertiary/aromatic N) is 3. The van der Waals surface area contributed by atoms with Crippen molar-refractivity contribution in [3.05, 3.63) is 45.0 Å². The summed E-state index contributed by atoms with van der Waals surface area (Å²) in [6.45, 7) is 4.73. The molecule has 2 rings (SSSR count). The fourth-order valence-corrected chi connectivity index (χ4v) is 2.40. The summed E-state index contributed by atoms with van der Waals surface area (Å²) in [4.78, 5) is 20.1. The molecule has 0 amide bonds. The molecule has 0 aliphatic heterocycles. The highest BCUT2D eigenvalue weighted by Gasteiger charge is 2.09. The Bertz CT molecular complexity index is 619. The maximum absolute atomic E-state index is 12.1. The molecule has 0 aliphatic rings. The van der Waals surface area contributed by atoms with Crippen molar-refractivity contribution in [3.8, 4) is 5.69 Å². The van der Waals surface area contributed by atoms with E-state index in [1.807, 2.05) is 32.0 Å². The molecule has 0 radical (unpaired) electrons. The van der Waals surface area contributed by atoms with E-state index in [9.17, 15) is 4.79 Å². The number of hydrogen-bond donors (Lipinski definition) is 1. The molecule has 0 saturated carbocycles. The van der Waals surface area contributed by atoms with Gasteiger partial charge in [-0.15, -0.1) is 0 Å². The Kier molecular flexibility index (Phi) is 4.31. The molecule has 1 heterocycles. The van der Waals surface area contributed by atoms with E-state index < -0.39 is 0 Å². The van der Waals surface area contributed by atoms with E-state index in [0.717, 1.165) is 28.7 Å². The molecule has 0 unspecified atom stereocenters. The zero-order valence-corrected chi connectivity index (χ0v) is 12.4. The fraction of sp³-hybridized carbons (Fsp3) is 0.308. The first-order valence-electron chi connectivity index (χ1n) is 6.08. The molecule has 1 N–H and O–H groups in total. The Balaban J connectivity index is 2.44. The zero-order chi connectivity index (χ0) is 13.8. The van der Waals surface area contributed by atoms with Crippen LogP contribution in [0, 0.1) is 6.92 Å². The molecule has 0 fully saturated rings.